The van der Waals surface area contributed by atoms with Gasteiger partial charge in [0.05, 0.1) is 19.3 Å². The van der Waals surface area contributed by atoms with Crippen LogP contribution in [0.1, 0.15) is 20.3 Å². The van der Waals surface area contributed by atoms with Crippen molar-refractivity contribution in [1.29, 1.82) is 0 Å². The Morgan fingerprint density at radius 2 is 1.95 bits per heavy atom. The number of amides is 2. The van der Waals surface area contributed by atoms with E-state index in [1.807, 2.05) is 19.1 Å². The van der Waals surface area contributed by atoms with E-state index in [-0.39, 0.29) is 18.4 Å². The van der Waals surface area contributed by atoms with Gasteiger partial charge in [-0.15, -0.1) is 0 Å². The molecule has 0 bridgehead atoms. The zero-order valence-electron chi connectivity index (χ0n) is 11.6. The summed E-state index contributed by atoms with van der Waals surface area (Å²) < 4.78 is 5.15. The number of hydrogen-bond donors (Lipinski definition) is 1. The summed E-state index contributed by atoms with van der Waals surface area (Å²) in [4.78, 5) is 25.0. The Kier molecular flexibility index (Phi) is 5.85. The number of benzene rings is 1. The smallest absolute Gasteiger partial charge is 0.244 e. The van der Waals surface area contributed by atoms with Crippen molar-refractivity contribution in [2.45, 2.75) is 20.3 Å². The summed E-state index contributed by atoms with van der Waals surface area (Å²) in [5.41, 5.74) is 0.606. The van der Waals surface area contributed by atoms with E-state index in [0.717, 1.165) is 0 Å². The molecule has 0 unspecified atom stereocenters. The van der Waals surface area contributed by atoms with Gasteiger partial charge in [0.15, 0.2) is 0 Å². The fourth-order valence-electron chi connectivity index (χ4n) is 1.71. The maximum atomic E-state index is 11.9. The van der Waals surface area contributed by atoms with E-state index in [2.05, 4.69) is 5.32 Å². The summed E-state index contributed by atoms with van der Waals surface area (Å²) in [6, 6.07) is 7.17. The molecule has 2 amide bonds. The van der Waals surface area contributed by atoms with E-state index < -0.39 is 0 Å². The van der Waals surface area contributed by atoms with Crippen LogP contribution in [0.2, 0.25) is 0 Å². The maximum absolute atomic E-state index is 11.9. The van der Waals surface area contributed by atoms with Crippen molar-refractivity contribution in [2.75, 3.05) is 25.5 Å². The second-order valence-electron chi connectivity index (χ2n) is 4.01. The minimum Gasteiger partial charge on any atom is -0.495 e. The largest absolute Gasteiger partial charge is 0.495 e. The summed E-state index contributed by atoms with van der Waals surface area (Å²) in [7, 11) is 1.55. The molecule has 19 heavy (non-hydrogen) atoms. The number of methoxy groups -OCH3 is 1. The number of carbonyl (C=O) groups excluding carboxylic acids is 2. The summed E-state index contributed by atoms with van der Waals surface area (Å²) in [6.07, 6.45) is 0.399. The molecule has 0 aliphatic rings. The summed E-state index contributed by atoms with van der Waals surface area (Å²) in [6.45, 7) is 4.21. The van der Waals surface area contributed by atoms with Gasteiger partial charge in [0.2, 0.25) is 11.8 Å². The molecular formula is C14H20N2O3. The summed E-state index contributed by atoms with van der Waals surface area (Å²) >= 11 is 0. The molecule has 1 rings (SSSR count). The van der Waals surface area contributed by atoms with Gasteiger partial charge in [-0.3, -0.25) is 9.59 Å². The third-order valence-electron chi connectivity index (χ3n) is 2.75. The Morgan fingerprint density at radius 3 is 2.53 bits per heavy atom. The number of nitrogens with one attached hydrogen (secondary N) is 1. The lowest BCUT2D eigenvalue weighted by molar-refractivity contribution is -0.134. The Hall–Kier alpha value is -2.04. The lowest BCUT2D eigenvalue weighted by Crippen LogP contribution is -2.37. The number of ether oxygens (including phenoxy) is 1. The van der Waals surface area contributed by atoms with Gasteiger partial charge < -0.3 is 15.0 Å². The third kappa shape index (κ3) is 4.28. The van der Waals surface area contributed by atoms with E-state index in [1.165, 1.54) is 4.90 Å². The molecule has 0 heterocycles. The molecule has 0 radical (unpaired) electrons. The number of likely N-dealkylation sites (N-methyl/N-ethyl adjacent to an activating group) is 1. The minimum atomic E-state index is -0.229. The Labute approximate surface area is 113 Å². The number of nitrogens with zero attached hydrogens (tertiary/aromatic N) is 1. The van der Waals surface area contributed by atoms with Crippen molar-refractivity contribution in [3.8, 4) is 5.75 Å². The van der Waals surface area contributed by atoms with E-state index in [4.69, 9.17) is 4.74 Å². The maximum Gasteiger partial charge on any atom is 0.244 e. The third-order valence-corrected chi connectivity index (χ3v) is 2.75. The fraction of sp³-hybridized carbons (Fsp3) is 0.429. The van der Waals surface area contributed by atoms with Crippen LogP contribution in [0.25, 0.3) is 0 Å². The average Bonchev–Trinajstić information content (AvgIpc) is 2.44. The van der Waals surface area contributed by atoms with Crippen LogP contribution >= 0.6 is 0 Å². The molecule has 0 aliphatic heterocycles. The highest BCUT2D eigenvalue weighted by atomic mass is 16.5. The van der Waals surface area contributed by atoms with Gasteiger partial charge in [0.1, 0.15) is 5.75 Å². The average molecular weight is 264 g/mol. The molecule has 0 aliphatic carbocycles. The SMILES string of the molecule is CCC(=O)N(CC)CC(=O)Nc1ccccc1OC. The molecule has 0 saturated heterocycles. The molecule has 1 N–H and O–H groups in total. The number of rotatable bonds is 6. The van der Waals surface area contributed by atoms with E-state index in [1.54, 1.807) is 26.2 Å². The standard InChI is InChI=1S/C14H20N2O3/c1-4-14(18)16(5-2)10-13(17)15-11-8-6-7-9-12(11)19-3/h6-9H,4-5,10H2,1-3H3,(H,15,17). The van der Waals surface area contributed by atoms with Crippen LogP contribution in [0.4, 0.5) is 5.69 Å². The molecule has 1 aromatic rings. The van der Waals surface area contributed by atoms with Gasteiger partial charge in [-0.2, -0.15) is 0 Å². The number of hydrogen-bond acceptors (Lipinski definition) is 3. The molecule has 1 aromatic carbocycles. The normalized spacial score (nSPS) is 9.84. The summed E-state index contributed by atoms with van der Waals surface area (Å²) in [5.74, 6) is 0.339. The first-order valence-corrected chi connectivity index (χ1v) is 6.33. The van der Waals surface area contributed by atoms with Crippen LogP contribution in [-0.4, -0.2) is 36.9 Å². The first-order chi connectivity index (χ1) is 9.12. The van der Waals surface area contributed by atoms with E-state index in [0.29, 0.717) is 24.4 Å². The van der Waals surface area contributed by atoms with Crippen LogP contribution in [0, 0.1) is 0 Å². The molecule has 104 valence electrons. The van der Waals surface area contributed by atoms with Crippen LogP contribution in [0.3, 0.4) is 0 Å². The lowest BCUT2D eigenvalue weighted by Gasteiger charge is -2.20. The molecular weight excluding hydrogens is 244 g/mol. The second-order valence-corrected chi connectivity index (χ2v) is 4.01. The topological polar surface area (TPSA) is 58.6 Å². The molecule has 0 fully saturated rings. The first kappa shape index (κ1) is 15.0. The predicted octanol–water partition coefficient (Wildman–Crippen LogP) is 1.89. The highest BCUT2D eigenvalue weighted by Crippen LogP contribution is 2.22. The number of para-hydroxylation sites is 2. The van der Waals surface area contributed by atoms with Crippen LogP contribution in [0.15, 0.2) is 24.3 Å². The zero-order valence-corrected chi connectivity index (χ0v) is 11.6. The van der Waals surface area contributed by atoms with Crippen LogP contribution < -0.4 is 10.1 Å². The second kappa shape index (κ2) is 7.41. The molecule has 0 saturated carbocycles. The van der Waals surface area contributed by atoms with Gasteiger partial charge in [-0.25, -0.2) is 0 Å². The Morgan fingerprint density at radius 1 is 1.26 bits per heavy atom. The molecule has 5 heteroatoms. The van der Waals surface area contributed by atoms with Gasteiger partial charge in [-0.1, -0.05) is 19.1 Å². The highest BCUT2D eigenvalue weighted by Gasteiger charge is 2.14. The lowest BCUT2D eigenvalue weighted by atomic mass is 10.3. The van der Waals surface area contributed by atoms with E-state index >= 15 is 0 Å². The van der Waals surface area contributed by atoms with Crippen molar-refractivity contribution in [3.63, 3.8) is 0 Å². The Balaban J connectivity index is 2.66. The van der Waals surface area contributed by atoms with Crippen LogP contribution in [0.5, 0.6) is 5.75 Å². The van der Waals surface area contributed by atoms with Crippen molar-refractivity contribution in [3.05, 3.63) is 24.3 Å². The van der Waals surface area contributed by atoms with E-state index in [9.17, 15) is 9.59 Å². The first-order valence-electron chi connectivity index (χ1n) is 6.33. The van der Waals surface area contributed by atoms with Crippen molar-refractivity contribution < 1.29 is 14.3 Å². The summed E-state index contributed by atoms with van der Waals surface area (Å²) in [5, 5.41) is 2.75. The van der Waals surface area contributed by atoms with Gasteiger partial charge in [0.25, 0.3) is 0 Å². The van der Waals surface area contributed by atoms with Gasteiger partial charge >= 0.3 is 0 Å². The minimum absolute atomic E-state index is 0.0299. The van der Waals surface area contributed by atoms with Crippen LogP contribution in [-0.2, 0) is 9.59 Å². The van der Waals surface area contributed by atoms with Crippen molar-refractivity contribution in [2.24, 2.45) is 0 Å². The number of anilines is 1. The predicted molar refractivity (Wildman–Crippen MR) is 74.2 cm³/mol. The van der Waals surface area contributed by atoms with Crippen molar-refractivity contribution in [1.82, 2.24) is 4.90 Å². The van der Waals surface area contributed by atoms with Crippen molar-refractivity contribution >= 4 is 17.5 Å². The number of carbonyl (C=O) groups is 2. The molecule has 5 nitrogen and oxygen atoms in total. The molecule has 0 spiro atoms. The molecule has 0 aromatic heterocycles. The Bertz CT molecular complexity index is 446. The highest BCUT2D eigenvalue weighted by molar-refractivity contribution is 5.95. The molecule has 0 atom stereocenters. The zero-order chi connectivity index (χ0) is 14.3. The van der Waals surface area contributed by atoms with Gasteiger partial charge in [0, 0.05) is 13.0 Å². The van der Waals surface area contributed by atoms with Gasteiger partial charge in [-0.05, 0) is 19.1 Å². The fourth-order valence-corrected chi connectivity index (χ4v) is 1.71. The monoisotopic (exact) mass is 264 g/mol. The quantitative estimate of drug-likeness (QED) is 0.853.